The summed E-state index contributed by atoms with van der Waals surface area (Å²) >= 11 is 0. The van der Waals surface area contributed by atoms with Crippen LogP contribution in [0.3, 0.4) is 0 Å². The number of rotatable bonds is 1. The molecule has 2 saturated heterocycles. The van der Waals surface area contributed by atoms with Crippen molar-refractivity contribution < 1.29 is 4.79 Å². The van der Waals surface area contributed by atoms with Gasteiger partial charge < -0.3 is 9.80 Å². The van der Waals surface area contributed by atoms with E-state index in [0.29, 0.717) is 12.3 Å². The van der Waals surface area contributed by atoms with E-state index in [0.717, 1.165) is 25.9 Å². The first kappa shape index (κ1) is 13.5. The average molecular weight is 272 g/mol. The Morgan fingerprint density at radius 3 is 2.25 bits per heavy atom. The minimum Gasteiger partial charge on any atom is -0.351 e. The van der Waals surface area contributed by atoms with Crippen LogP contribution in [0.15, 0.2) is 30.3 Å². The average Bonchev–Trinajstić information content (AvgIpc) is 2.85. The molecule has 2 fully saturated rings. The first-order chi connectivity index (χ1) is 9.86. The smallest absolute Gasteiger partial charge is 0.224 e. The van der Waals surface area contributed by atoms with E-state index in [1.807, 2.05) is 0 Å². The molecule has 3 nitrogen and oxygen atoms in total. The van der Waals surface area contributed by atoms with E-state index in [9.17, 15) is 4.79 Å². The molecule has 0 aromatic heterocycles. The number of hydrogen-bond donors (Lipinski definition) is 0. The van der Waals surface area contributed by atoms with Crippen LogP contribution >= 0.6 is 0 Å². The quantitative estimate of drug-likeness (QED) is 0.782. The molecule has 20 heavy (non-hydrogen) atoms. The van der Waals surface area contributed by atoms with Crippen LogP contribution in [0.25, 0.3) is 0 Å². The predicted octanol–water partition coefficient (Wildman–Crippen LogP) is 3.41. The SMILES string of the molecule is O=C1CCC2N1CCCCCCCN2c1ccccc1. The monoisotopic (exact) mass is 272 g/mol. The largest absolute Gasteiger partial charge is 0.351 e. The molecule has 2 heterocycles. The minimum atomic E-state index is 0.281. The molecule has 1 atom stereocenters. The third-order valence-electron chi connectivity index (χ3n) is 4.54. The van der Waals surface area contributed by atoms with Gasteiger partial charge in [0.1, 0.15) is 6.17 Å². The van der Waals surface area contributed by atoms with Gasteiger partial charge in [0.25, 0.3) is 0 Å². The molecule has 0 N–H and O–H groups in total. The summed E-state index contributed by atoms with van der Waals surface area (Å²) in [6, 6.07) is 10.6. The Morgan fingerprint density at radius 1 is 0.850 bits per heavy atom. The van der Waals surface area contributed by atoms with E-state index in [2.05, 4.69) is 40.1 Å². The van der Waals surface area contributed by atoms with Gasteiger partial charge in [-0.05, 0) is 31.4 Å². The summed E-state index contributed by atoms with van der Waals surface area (Å²) in [4.78, 5) is 16.7. The zero-order chi connectivity index (χ0) is 13.8. The van der Waals surface area contributed by atoms with Gasteiger partial charge in [0.05, 0.1) is 0 Å². The fourth-order valence-corrected chi connectivity index (χ4v) is 3.48. The van der Waals surface area contributed by atoms with E-state index >= 15 is 0 Å². The molecule has 0 radical (unpaired) electrons. The lowest BCUT2D eigenvalue weighted by Gasteiger charge is -2.37. The Hall–Kier alpha value is -1.51. The molecule has 0 saturated carbocycles. The normalized spacial score (nSPS) is 24.6. The molecular formula is C17H24N2O. The molecule has 3 heteroatoms. The summed E-state index contributed by atoms with van der Waals surface area (Å²) in [7, 11) is 0. The molecule has 0 bridgehead atoms. The first-order valence-electron chi connectivity index (χ1n) is 7.97. The number of amides is 1. The van der Waals surface area contributed by atoms with Crippen molar-refractivity contribution in [3.63, 3.8) is 0 Å². The second kappa shape index (κ2) is 6.29. The molecule has 1 aromatic carbocycles. The maximum Gasteiger partial charge on any atom is 0.224 e. The molecule has 1 aromatic rings. The Bertz CT molecular complexity index is 446. The molecular weight excluding hydrogens is 248 g/mol. The van der Waals surface area contributed by atoms with Crippen LogP contribution in [0.2, 0.25) is 0 Å². The lowest BCUT2D eigenvalue weighted by atomic mass is 10.1. The van der Waals surface area contributed by atoms with E-state index in [1.54, 1.807) is 0 Å². The molecule has 1 unspecified atom stereocenters. The maximum atomic E-state index is 12.1. The summed E-state index contributed by atoms with van der Waals surface area (Å²) < 4.78 is 0. The maximum absolute atomic E-state index is 12.1. The topological polar surface area (TPSA) is 23.6 Å². The van der Waals surface area contributed by atoms with Gasteiger partial charge in [-0.15, -0.1) is 0 Å². The van der Waals surface area contributed by atoms with E-state index in [1.165, 1.54) is 31.4 Å². The highest BCUT2D eigenvalue weighted by Gasteiger charge is 2.34. The fourth-order valence-electron chi connectivity index (χ4n) is 3.48. The highest BCUT2D eigenvalue weighted by molar-refractivity contribution is 5.79. The first-order valence-corrected chi connectivity index (χ1v) is 7.97. The van der Waals surface area contributed by atoms with Gasteiger partial charge in [-0.3, -0.25) is 4.79 Å². The summed E-state index contributed by atoms with van der Waals surface area (Å²) in [5.41, 5.74) is 1.26. The van der Waals surface area contributed by atoms with Gasteiger partial charge in [-0.2, -0.15) is 0 Å². The van der Waals surface area contributed by atoms with Gasteiger partial charge in [0, 0.05) is 25.2 Å². The van der Waals surface area contributed by atoms with Crippen LogP contribution in [-0.4, -0.2) is 30.1 Å². The van der Waals surface area contributed by atoms with Gasteiger partial charge in [0.15, 0.2) is 0 Å². The van der Waals surface area contributed by atoms with Crippen molar-refractivity contribution >= 4 is 11.6 Å². The fraction of sp³-hybridized carbons (Fsp3) is 0.588. The number of carbonyl (C=O) groups excluding carboxylic acids is 1. The van der Waals surface area contributed by atoms with Gasteiger partial charge in [0.2, 0.25) is 5.91 Å². The summed E-state index contributed by atoms with van der Waals surface area (Å²) in [6.45, 7) is 2.01. The highest BCUT2D eigenvalue weighted by atomic mass is 16.2. The number of benzene rings is 1. The van der Waals surface area contributed by atoms with Crippen molar-refractivity contribution in [2.24, 2.45) is 0 Å². The third kappa shape index (κ3) is 2.82. The third-order valence-corrected chi connectivity index (χ3v) is 4.54. The summed E-state index contributed by atoms with van der Waals surface area (Å²) in [5, 5.41) is 0. The molecule has 3 rings (SSSR count). The van der Waals surface area contributed by atoms with E-state index in [-0.39, 0.29) is 6.17 Å². The molecule has 2 aliphatic heterocycles. The van der Waals surface area contributed by atoms with Crippen LogP contribution in [-0.2, 0) is 4.79 Å². The lowest BCUT2D eigenvalue weighted by Crippen LogP contribution is -2.47. The number of carbonyl (C=O) groups is 1. The van der Waals surface area contributed by atoms with Crippen LogP contribution in [0.4, 0.5) is 5.69 Å². The summed E-state index contributed by atoms with van der Waals surface area (Å²) in [6.07, 6.45) is 8.24. The van der Waals surface area contributed by atoms with E-state index < -0.39 is 0 Å². The van der Waals surface area contributed by atoms with Crippen molar-refractivity contribution in [3.05, 3.63) is 30.3 Å². The van der Waals surface area contributed by atoms with Crippen LogP contribution in [0, 0.1) is 0 Å². The second-order valence-corrected chi connectivity index (χ2v) is 5.90. The Kier molecular flexibility index (Phi) is 4.24. The molecule has 0 spiro atoms. The number of hydrogen-bond acceptors (Lipinski definition) is 2. The van der Waals surface area contributed by atoms with Gasteiger partial charge >= 0.3 is 0 Å². The predicted molar refractivity (Wildman–Crippen MR) is 81.6 cm³/mol. The number of anilines is 1. The Labute approximate surface area is 121 Å². The van der Waals surface area contributed by atoms with Gasteiger partial charge in [-0.25, -0.2) is 0 Å². The zero-order valence-corrected chi connectivity index (χ0v) is 12.1. The Morgan fingerprint density at radius 2 is 1.50 bits per heavy atom. The second-order valence-electron chi connectivity index (χ2n) is 5.90. The zero-order valence-electron chi connectivity index (χ0n) is 12.1. The van der Waals surface area contributed by atoms with Crippen molar-refractivity contribution in [2.45, 2.75) is 51.1 Å². The number of fused-ring (bicyclic) bond motifs is 1. The number of para-hydroxylation sites is 1. The van der Waals surface area contributed by atoms with Crippen LogP contribution < -0.4 is 4.90 Å². The van der Waals surface area contributed by atoms with E-state index in [4.69, 9.17) is 0 Å². The lowest BCUT2D eigenvalue weighted by molar-refractivity contribution is -0.129. The molecule has 1 amide bonds. The molecule has 108 valence electrons. The standard InChI is InChI=1S/C17H24N2O/c20-17-12-11-16-18(15-9-5-4-6-10-15)13-7-2-1-3-8-14-19(16)17/h4-6,9-10,16H,1-3,7-8,11-14H2. The highest BCUT2D eigenvalue weighted by Crippen LogP contribution is 2.28. The number of nitrogens with zero attached hydrogens (tertiary/aromatic N) is 2. The van der Waals surface area contributed by atoms with Gasteiger partial charge in [-0.1, -0.05) is 37.5 Å². The minimum absolute atomic E-state index is 0.281. The van der Waals surface area contributed by atoms with Crippen molar-refractivity contribution in [2.75, 3.05) is 18.0 Å². The Balaban J connectivity index is 1.85. The summed E-state index contributed by atoms with van der Waals surface area (Å²) in [5.74, 6) is 0.344. The van der Waals surface area contributed by atoms with Crippen molar-refractivity contribution in [1.82, 2.24) is 4.90 Å². The van der Waals surface area contributed by atoms with Crippen LogP contribution in [0.1, 0.15) is 44.9 Å². The molecule has 2 aliphatic rings. The van der Waals surface area contributed by atoms with Crippen molar-refractivity contribution in [1.29, 1.82) is 0 Å². The van der Waals surface area contributed by atoms with Crippen LogP contribution in [0.5, 0.6) is 0 Å². The molecule has 0 aliphatic carbocycles. The van der Waals surface area contributed by atoms with Crippen molar-refractivity contribution in [3.8, 4) is 0 Å².